The number of hydrogen-bond donors (Lipinski definition) is 3. The third kappa shape index (κ3) is 4.11. The van der Waals surface area contributed by atoms with E-state index in [2.05, 4.69) is 15.3 Å². The van der Waals surface area contributed by atoms with Crippen LogP contribution in [0.5, 0.6) is 5.75 Å². The van der Waals surface area contributed by atoms with Crippen molar-refractivity contribution >= 4 is 23.6 Å². The Hall–Kier alpha value is -3.01. The van der Waals surface area contributed by atoms with Crippen LogP contribution in [-0.4, -0.2) is 73.9 Å². The van der Waals surface area contributed by atoms with E-state index in [1.807, 2.05) is 4.90 Å². The van der Waals surface area contributed by atoms with Crippen molar-refractivity contribution in [3.8, 4) is 5.75 Å². The molecule has 1 aromatic rings. The molecule has 1 fully saturated rings. The number of aliphatic imine (C=N–C) groups is 2. The van der Waals surface area contributed by atoms with Crippen molar-refractivity contribution in [1.82, 2.24) is 9.80 Å². The molecule has 5 N–H and O–H groups in total. The number of nitrogens with zero attached hydrogens (tertiary/aromatic N) is 4. The van der Waals surface area contributed by atoms with E-state index < -0.39 is 5.66 Å². The highest BCUT2D eigenvalue weighted by molar-refractivity contribution is 5.96. The van der Waals surface area contributed by atoms with Gasteiger partial charge in [-0.2, -0.15) is 4.99 Å². The Balaban J connectivity index is 1.64. The predicted octanol–water partition coefficient (Wildman–Crippen LogP) is 0.611. The molecule has 10 nitrogen and oxygen atoms in total. The van der Waals surface area contributed by atoms with Crippen LogP contribution >= 0.6 is 0 Å². The average molecular weight is 389 g/mol. The summed E-state index contributed by atoms with van der Waals surface area (Å²) in [7, 11) is 3.23. The van der Waals surface area contributed by atoms with Crippen LogP contribution in [0.1, 0.15) is 12.8 Å². The Bertz CT molecular complexity index is 755. The number of benzene rings is 1. The summed E-state index contributed by atoms with van der Waals surface area (Å²) in [5.74, 6) is 1.24. The maximum absolute atomic E-state index is 12.6. The fourth-order valence-electron chi connectivity index (χ4n) is 3.52. The van der Waals surface area contributed by atoms with Crippen LogP contribution in [0.4, 0.5) is 10.5 Å². The van der Waals surface area contributed by atoms with E-state index in [0.29, 0.717) is 50.7 Å². The van der Waals surface area contributed by atoms with Gasteiger partial charge in [-0.1, -0.05) is 0 Å². The number of methoxy groups -OCH3 is 2. The number of carbonyl (C=O) groups is 1. The zero-order valence-corrected chi connectivity index (χ0v) is 16.2. The molecule has 0 aromatic heterocycles. The minimum absolute atomic E-state index is 0.155. The average Bonchev–Trinajstić information content (AvgIpc) is 2.68. The van der Waals surface area contributed by atoms with Crippen LogP contribution in [0.25, 0.3) is 0 Å². The third-order valence-corrected chi connectivity index (χ3v) is 5.04. The molecule has 2 aliphatic heterocycles. The minimum atomic E-state index is -0.592. The van der Waals surface area contributed by atoms with E-state index in [1.54, 1.807) is 43.4 Å². The van der Waals surface area contributed by atoms with Gasteiger partial charge in [0.25, 0.3) is 0 Å². The lowest BCUT2D eigenvalue weighted by atomic mass is 9.95. The number of carbonyl (C=O) groups excluding carboxylic acids is 1. The molecule has 0 radical (unpaired) electrons. The van der Waals surface area contributed by atoms with Crippen molar-refractivity contribution in [1.29, 1.82) is 0 Å². The first kappa shape index (κ1) is 19.7. The summed E-state index contributed by atoms with van der Waals surface area (Å²) in [6.45, 7) is 2.10. The van der Waals surface area contributed by atoms with Gasteiger partial charge in [0.1, 0.15) is 11.4 Å². The van der Waals surface area contributed by atoms with Gasteiger partial charge in [-0.05, 0) is 24.3 Å². The van der Waals surface area contributed by atoms with Gasteiger partial charge in [-0.3, -0.25) is 0 Å². The summed E-state index contributed by atoms with van der Waals surface area (Å²) in [5.41, 5.74) is 12.1. The summed E-state index contributed by atoms with van der Waals surface area (Å²) < 4.78 is 10.3. The van der Waals surface area contributed by atoms with Crippen molar-refractivity contribution in [3.63, 3.8) is 0 Å². The first-order chi connectivity index (χ1) is 13.5. The number of ether oxygens (including phenoxy) is 2. The van der Waals surface area contributed by atoms with Crippen LogP contribution in [-0.2, 0) is 4.74 Å². The summed E-state index contributed by atoms with van der Waals surface area (Å²) >= 11 is 0. The third-order valence-electron chi connectivity index (χ3n) is 5.04. The number of nitrogens with one attached hydrogen (secondary N) is 1. The largest absolute Gasteiger partial charge is 0.497 e. The Morgan fingerprint density at radius 3 is 2.50 bits per heavy atom. The molecule has 0 atom stereocenters. The zero-order chi connectivity index (χ0) is 20.1. The van der Waals surface area contributed by atoms with Gasteiger partial charge in [0.05, 0.1) is 13.7 Å². The van der Waals surface area contributed by atoms with E-state index >= 15 is 0 Å². The normalized spacial score (nSPS) is 18.5. The lowest BCUT2D eigenvalue weighted by Gasteiger charge is -2.47. The Kier molecular flexibility index (Phi) is 5.88. The van der Waals surface area contributed by atoms with E-state index in [-0.39, 0.29) is 12.0 Å². The monoisotopic (exact) mass is 389 g/mol. The first-order valence-corrected chi connectivity index (χ1v) is 9.13. The van der Waals surface area contributed by atoms with Crippen molar-refractivity contribution in [3.05, 3.63) is 24.3 Å². The fourth-order valence-corrected chi connectivity index (χ4v) is 3.52. The lowest BCUT2D eigenvalue weighted by Crippen LogP contribution is -2.62. The number of likely N-dealkylation sites (tertiary alicyclic amines) is 1. The summed E-state index contributed by atoms with van der Waals surface area (Å²) in [6, 6.07) is 7.06. The van der Waals surface area contributed by atoms with E-state index in [9.17, 15) is 4.79 Å². The highest BCUT2D eigenvalue weighted by atomic mass is 16.5. The first-order valence-electron chi connectivity index (χ1n) is 9.13. The van der Waals surface area contributed by atoms with Gasteiger partial charge < -0.3 is 36.1 Å². The fraction of sp³-hybridized carbons (Fsp3) is 0.500. The highest BCUT2D eigenvalue weighted by Gasteiger charge is 2.43. The second kappa shape index (κ2) is 8.34. The van der Waals surface area contributed by atoms with E-state index in [1.165, 1.54) is 0 Å². The second-order valence-electron chi connectivity index (χ2n) is 6.71. The maximum Gasteiger partial charge on any atom is 0.321 e. The summed E-state index contributed by atoms with van der Waals surface area (Å²) in [5, 5.41) is 2.91. The Morgan fingerprint density at radius 1 is 1.21 bits per heavy atom. The SMILES string of the molecule is COCCN1C(N)=NC(N)=NC12CCN(C(=O)Nc1ccc(OC)cc1)CC2. The number of guanidine groups is 2. The smallest absolute Gasteiger partial charge is 0.321 e. The van der Waals surface area contributed by atoms with Crippen LogP contribution in [0.3, 0.4) is 0 Å². The second-order valence-corrected chi connectivity index (χ2v) is 6.71. The van der Waals surface area contributed by atoms with Crippen LogP contribution in [0.2, 0.25) is 0 Å². The van der Waals surface area contributed by atoms with Crippen molar-refractivity contribution in [2.45, 2.75) is 18.5 Å². The zero-order valence-electron chi connectivity index (χ0n) is 16.2. The minimum Gasteiger partial charge on any atom is -0.497 e. The molecule has 1 aromatic carbocycles. The highest BCUT2D eigenvalue weighted by Crippen LogP contribution is 2.32. The summed E-state index contributed by atoms with van der Waals surface area (Å²) in [4.78, 5) is 25.0. The van der Waals surface area contributed by atoms with E-state index in [4.69, 9.17) is 20.9 Å². The molecule has 10 heteroatoms. The topological polar surface area (TPSA) is 131 Å². The maximum atomic E-state index is 12.6. The molecule has 0 unspecified atom stereocenters. The number of anilines is 1. The molecule has 28 heavy (non-hydrogen) atoms. The number of urea groups is 1. The molecule has 1 spiro atoms. The number of amides is 2. The number of piperidine rings is 1. The molecule has 2 aliphatic rings. The molecule has 3 rings (SSSR count). The molecule has 2 amide bonds. The molecule has 1 saturated heterocycles. The lowest BCUT2D eigenvalue weighted by molar-refractivity contribution is 0.0661. The van der Waals surface area contributed by atoms with Gasteiger partial charge in [-0.15, -0.1) is 0 Å². The quantitative estimate of drug-likeness (QED) is 0.676. The van der Waals surface area contributed by atoms with Crippen LogP contribution < -0.4 is 21.5 Å². The molecular weight excluding hydrogens is 362 g/mol. The summed E-state index contributed by atoms with van der Waals surface area (Å²) in [6.07, 6.45) is 1.20. The Morgan fingerprint density at radius 2 is 1.89 bits per heavy atom. The standard InChI is InChI=1S/C18H27N7O3/c1-27-12-11-25-16(20)22-15(19)23-18(25)7-9-24(10-8-18)17(26)21-13-3-5-14(28-2)6-4-13/h3-6H,7-12H2,1-2H3,(H,21,26)(H4,19,20,22,23). The van der Waals surface area contributed by atoms with Crippen LogP contribution in [0.15, 0.2) is 34.3 Å². The van der Waals surface area contributed by atoms with Crippen LogP contribution in [0, 0.1) is 0 Å². The predicted molar refractivity (Wildman–Crippen MR) is 107 cm³/mol. The van der Waals surface area contributed by atoms with E-state index in [0.717, 1.165) is 5.75 Å². The van der Waals surface area contributed by atoms with Gasteiger partial charge in [-0.25, -0.2) is 9.79 Å². The molecule has 0 bridgehead atoms. The molecular formula is C18H27N7O3. The van der Waals surface area contributed by atoms with Gasteiger partial charge in [0.2, 0.25) is 11.9 Å². The van der Waals surface area contributed by atoms with Crippen molar-refractivity contribution in [2.75, 3.05) is 45.8 Å². The number of nitrogens with two attached hydrogens (primary N) is 2. The Labute approximate surface area is 164 Å². The number of rotatable bonds is 5. The van der Waals surface area contributed by atoms with Crippen molar-refractivity contribution in [2.24, 2.45) is 21.5 Å². The van der Waals surface area contributed by atoms with Gasteiger partial charge in [0.15, 0.2) is 0 Å². The van der Waals surface area contributed by atoms with Gasteiger partial charge >= 0.3 is 6.03 Å². The molecule has 152 valence electrons. The van der Waals surface area contributed by atoms with Gasteiger partial charge in [0, 0.05) is 45.3 Å². The molecule has 0 saturated carbocycles. The molecule has 2 heterocycles. The molecule has 0 aliphatic carbocycles. The number of hydrogen-bond acceptors (Lipinski definition) is 8. The van der Waals surface area contributed by atoms with Crippen molar-refractivity contribution < 1.29 is 14.3 Å².